The molecule has 0 aliphatic heterocycles. The van der Waals surface area contributed by atoms with E-state index in [0.29, 0.717) is 12.3 Å². The molecule has 0 aliphatic carbocycles. The van der Waals surface area contributed by atoms with Gasteiger partial charge in [-0.3, -0.25) is 0 Å². The van der Waals surface area contributed by atoms with Gasteiger partial charge in [0.15, 0.2) is 0 Å². The summed E-state index contributed by atoms with van der Waals surface area (Å²) in [6.07, 6.45) is 0.882. The number of aromatic hydroxyl groups is 1. The quantitative estimate of drug-likeness (QED) is 0.768. The summed E-state index contributed by atoms with van der Waals surface area (Å²) in [5.41, 5.74) is 8.72. The van der Waals surface area contributed by atoms with Gasteiger partial charge in [0.1, 0.15) is 5.75 Å². The lowest BCUT2D eigenvalue weighted by Crippen LogP contribution is -2.04. The molecule has 0 bridgehead atoms. The van der Waals surface area contributed by atoms with E-state index < -0.39 is 0 Å². The fraction of sp³-hybridized carbons (Fsp3) is 0.400. The maximum Gasteiger partial charge on any atom is 0.118 e. The molecule has 0 saturated carbocycles. The Hall–Kier alpha value is -0.730. The molecule has 13 heavy (non-hydrogen) atoms. The highest BCUT2D eigenvalue weighted by Gasteiger charge is 2.01. The molecule has 0 aliphatic rings. The Labute approximate surface area is 85.2 Å². The molecule has 0 unspecified atom stereocenters. The van der Waals surface area contributed by atoms with Crippen molar-refractivity contribution in [1.82, 2.24) is 0 Å². The molecule has 0 aromatic heterocycles. The van der Waals surface area contributed by atoms with E-state index in [9.17, 15) is 5.11 Å². The third kappa shape index (κ3) is 2.90. The van der Waals surface area contributed by atoms with Crippen molar-refractivity contribution in [3.8, 4) is 5.75 Å². The van der Waals surface area contributed by atoms with Crippen LogP contribution >= 0.6 is 12.4 Å². The van der Waals surface area contributed by atoms with E-state index in [4.69, 9.17) is 5.73 Å². The van der Waals surface area contributed by atoms with Gasteiger partial charge in [-0.15, -0.1) is 12.4 Å². The van der Waals surface area contributed by atoms with Gasteiger partial charge in [0.05, 0.1) is 0 Å². The van der Waals surface area contributed by atoms with E-state index in [-0.39, 0.29) is 12.4 Å². The Kier molecular flexibility index (Phi) is 4.81. The first-order valence-electron chi connectivity index (χ1n) is 4.14. The normalized spacial score (nSPS) is 9.46. The summed E-state index contributed by atoms with van der Waals surface area (Å²) < 4.78 is 0. The van der Waals surface area contributed by atoms with Crippen molar-refractivity contribution in [2.24, 2.45) is 5.73 Å². The lowest BCUT2D eigenvalue weighted by molar-refractivity contribution is 0.470. The highest BCUT2D eigenvalue weighted by atomic mass is 35.5. The van der Waals surface area contributed by atoms with E-state index in [1.165, 1.54) is 5.56 Å². The van der Waals surface area contributed by atoms with Crippen molar-refractivity contribution < 1.29 is 5.11 Å². The highest BCUT2D eigenvalue weighted by Crippen LogP contribution is 2.21. The third-order valence-electron chi connectivity index (χ3n) is 2.07. The predicted octanol–water partition coefficient (Wildman–Crippen LogP) is 1.93. The van der Waals surface area contributed by atoms with Crippen molar-refractivity contribution >= 4 is 12.4 Å². The lowest BCUT2D eigenvalue weighted by Gasteiger charge is -2.07. The number of phenolic OH excluding ortho intramolecular Hbond substituents is 1. The standard InChI is InChI=1S/C10H15NO.ClH/c1-7-6-10(12)8(2)5-9(7)3-4-11;/h5-6,12H,3-4,11H2,1-2H3;1H. The first-order valence-corrected chi connectivity index (χ1v) is 4.14. The molecule has 0 fully saturated rings. The van der Waals surface area contributed by atoms with Crippen LogP contribution in [-0.4, -0.2) is 11.7 Å². The zero-order valence-corrected chi connectivity index (χ0v) is 8.82. The molecule has 1 aromatic rings. The molecule has 0 amide bonds. The summed E-state index contributed by atoms with van der Waals surface area (Å²) in [5.74, 6) is 0.369. The number of aryl methyl sites for hydroxylation is 2. The van der Waals surface area contributed by atoms with Crippen LogP contribution in [0, 0.1) is 13.8 Å². The molecule has 0 heterocycles. The summed E-state index contributed by atoms with van der Waals surface area (Å²) in [7, 11) is 0. The molecule has 3 heteroatoms. The number of hydrogen-bond donors (Lipinski definition) is 2. The monoisotopic (exact) mass is 201 g/mol. The third-order valence-corrected chi connectivity index (χ3v) is 2.07. The van der Waals surface area contributed by atoms with Crippen molar-refractivity contribution in [2.45, 2.75) is 20.3 Å². The average molecular weight is 202 g/mol. The molecule has 0 saturated heterocycles. The van der Waals surface area contributed by atoms with Gasteiger partial charge in [0.2, 0.25) is 0 Å². The average Bonchev–Trinajstić information content (AvgIpc) is 2.01. The van der Waals surface area contributed by atoms with Gasteiger partial charge in [-0.05, 0) is 49.6 Å². The van der Waals surface area contributed by atoms with Crippen LogP contribution in [0.3, 0.4) is 0 Å². The van der Waals surface area contributed by atoms with Crippen LogP contribution in [0.5, 0.6) is 5.75 Å². The van der Waals surface area contributed by atoms with Gasteiger partial charge >= 0.3 is 0 Å². The van der Waals surface area contributed by atoms with E-state index in [2.05, 4.69) is 0 Å². The maximum atomic E-state index is 9.36. The van der Waals surface area contributed by atoms with Crippen molar-refractivity contribution in [2.75, 3.05) is 6.54 Å². The highest BCUT2D eigenvalue weighted by molar-refractivity contribution is 5.85. The number of rotatable bonds is 2. The van der Waals surface area contributed by atoms with Crippen LogP contribution in [0.15, 0.2) is 12.1 Å². The molecule has 0 radical (unpaired) electrons. The molecule has 74 valence electrons. The molecular weight excluding hydrogens is 186 g/mol. The zero-order valence-electron chi connectivity index (χ0n) is 8.00. The van der Waals surface area contributed by atoms with Gasteiger partial charge in [-0.25, -0.2) is 0 Å². The van der Waals surface area contributed by atoms with Crippen LogP contribution in [0.4, 0.5) is 0 Å². The molecule has 3 N–H and O–H groups in total. The number of phenols is 1. The molecule has 0 atom stereocenters. The largest absolute Gasteiger partial charge is 0.508 e. The fourth-order valence-electron chi connectivity index (χ4n) is 1.29. The second kappa shape index (κ2) is 5.10. The minimum atomic E-state index is 0. The minimum Gasteiger partial charge on any atom is -0.508 e. The Morgan fingerprint density at radius 3 is 2.38 bits per heavy atom. The van der Waals surface area contributed by atoms with Crippen molar-refractivity contribution in [3.63, 3.8) is 0 Å². The molecule has 1 aromatic carbocycles. The first kappa shape index (κ1) is 12.3. The zero-order chi connectivity index (χ0) is 9.14. The fourth-order valence-corrected chi connectivity index (χ4v) is 1.29. The number of nitrogens with two attached hydrogens (primary N) is 1. The lowest BCUT2D eigenvalue weighted by atomic mass is 10.0. The smallest absolute Gasteiger partial charge is 0.118 e. The van der Waals surface area contributed by atoms with Gasteiger partial charge < -0.3 is 10.8 Å². The summed E-state index contributed by atoms with van der Waals surface area (Å²) in [6.45, 7) is 4.55. The topological polar surface area (TPSA) is 46.2 Å². The van der Waals surface area contributed by atoms with Crippen molar-refractivity contribution in [3.05, 3.63) is 28.8 Å². The molecule has 0 spiro atoms. The summed E-state index contributed by atoms with van der Waals surface area (Å²) >= 11 is 0. The predicted molar refractivity (Wildman–Crippen MR) is 57.6 cm³/mol. The van der Waals surface area contributed by atoms with Crippen LogP contribution in [0.1, 0.15) is 16.7 Å². The Morgan fingerprint density at radius 2 is 1.85 bits per heavy atom. The first-order chi connectivity index (χ1) is 5.65. The summed E-state index contributed by atoms with van der Waals surface area (Å²) in [6, 6.07) is 3.79. The van der Waals surface area contributed by atoms with Crippen LogP contribution in [0.25, 0.3) is 0 Å². The minimum absolute atomic E-state index is 0. The van der Waals surface area contributed by atoms with E-state index in [1.807, 2.05) is 19.9 Å². The van der Waals surface area contributed by atoms with Crippen LogP contribution in [0.2, 0.25) is 0 Å². The van der Waals surface area contributed by atoms with Crippen molar-refractivity contribution in [1.29, 1.82) is 0 Å². The van der Waals surface area contributed by atoms with E-state index in [1.54, 1.807) is 6.07 Å². The SMILES string of the molecule is Cc1cc(CCN)c(C)cc1O.Cl. The summed E-state index contributed by atoms with van der Waals surface area (Å²) in [5, 5.41) is 9.36. The Balaban J connectivity index is 0.00000144. The summed E-state index contributed by atoms with van der Waals surface area (Å²) in [4.78, 5) is 0. The van der Waals surface area contributed by atoms with Gasteiger partial charge in [0, 0.05) is 0 Å². The second-order valence-electron chi connectivity index (χ2n) is 3.10. The molecule has 2 nitrogen and oxygen atoms in total. The molecular formula is C10H16ClNO. The van der Waals surface area contributed by atoms with Crippen LogP contribution in [-0.2, 0) is 6.42 Å². The molecule has 1 rings (SSSR count). The van der Waals surface area contributed by atoms with Gasteiger partial charge in [-0.1, -0.05) is 6.07 Å². The number of halogens is 1. The Bertz CT molecular complexity index is 286. The van der Waals surface area contributed by atoms with Crippen LogP contribution < -0.4 is 5.73 Å². The maximum absolute atomic E-state index is 9.36. The van der Waals surface area contributed by atoms with E-state index >= 15 is 0 Å². The van der Waals surface area contributed by atoms with E-state index in [0.717, 1.165) is 17.5 Å². The number of benzene rings is 1. The second-order valence-corrected chi connectivity index (χ2v) is 3.10. The van der Waals surface area contributed by atoms with Gasteiger partial charge in [0.25, 0.3) is 0 Å². The number of hydrogen-bond acceptors (Lipinski definition) is 2. The Morgan fingerprint density at radius 1 is 1.23 bits per heavy atom. The van der Waals surface area contributed by atoms with Gasteiger partial charge in [-0.2, -0.15) is 0 Å².